The second kappa shape index (κ2) is 11.0. The fourth-order valence-electron chi connectivity index (χ4n) is 3.28. The van der Waals surface area contributed by atoms with Crippen LogP contribution in [0, 0.1) is 10.8 Å². The number of rotatable bonds is 11. The Hall–Kier alpha value is -3.86. The summed E-state index contributed by atoms with van der Waals surface area (Å²) in [6, 6.07) is 8.76. The first-order valence-electron chi connectivity index (χ1n) is 11.1. The Morgan fingerprint density at radius 1 is 0.857 bits per heavy atom. The molecule has 11 heteroatoms. The molecule has 0 atom stereocenters. The van der Waals surface area contributed by atoms with E-state index in [0.29, 0.717) is 36.1 Å². The molecule has 0 bridgehead atoms. The number of carboxylic acid groups (broad SMARTS) is 1. The summed E-state index contributed by atoms with van der Waals surface area (Å²) in [4.78, 5) is 31.9. The second-order valence-electron chi connectivity index (χ2n) is 9.81. The summed E-state index contributed by atoms with van der Waals surface area (Å²) in [5, 5.41) is 28.0. The summed E-state index contributed by atoms with van der Waals surface area (Å²) in [6.45, 7) is 8.14. The van der Waals surface area contributed by atoms with Crippen LogP contribution in [-0.4, -0.2) is 60.6 Å². The van der Waals surface area contributed by atoms with Gasteiger partial charge in [-0.05, 0) is 35.1 Å². The van der Waals surface area contributed by atoms with E-state index in [4.69, 9.17) is 9.84 Å². The quantitative estimate of drug-likeness (QED) is 0.419. The van der Waals surface area contributed by atoms with Gasteiger partial charge in [-0.3, -0.25) is 19.6 Å². The second-order valence-corrected chi connectivity index (χ2v) is 9.81. The zero-order chi connectivity index (χ0) is 25.5. The van der Waals surface area contributed by atoms with Crippen LogP contribution in [0.2, 0.25) is 0 Å². The lowest BCUT2D eigenvalue weighted by atomic mass is 9.88. The molecular formula is C24H29N7O4. The molecule has 11 nitrogen and oxygen atoms in total. The molecule has 0 fully saturated rings. The minimum absolute atomic E-state index is 0.0163. The Labute approximate surface area is 203 Å². The number of hydrogen-bond acceptors (Lipinski definition) is 9. The highest BCUT2D eigenvalue weighted by Crippen LogP contribution is 2.25. The zero-order valence-electron chi connectivity index (χ0n) is 20.2. The summed E-state index contributed by atoms with van der Waals surface area (Å²) < 4.78 is 5.73. The van der Waals surface area contributed by atoms with Gasteiger partial charge in [0.1, 0.15) is 11.4 Å². The molecular weight excluding hydrogens is 450 g/mol. The van der Waals surface area contributed by atoms with Crippen molar-refractivity contribution in [3.05, 3.63) is 42.7 Å². The van der Waals surface area contributed by atoms with Crippen LogP contribution in [0.5, 0.6) is 0 Å². The van der Waals surface area contributed by atoms with Crippen molar-refractivity contribution in [2.45, 2.75) is 40.5 Å². The number of aliphatic carboxylic acids is 1. The summed E-state index contributed by atoms with van der Waals surface area (Å²) in [6.07, 6.45) is 3.39. The fraction of sp³-hybridized carbons (Fsp3) is 0.417. The number of nitrogens with one attached hydrogen (secondary N) is 1. The summed E-state index contributed by atoms with van der Waals surface area (Å²) in [7, 11) is 0. The van der Waals surface area contributed by atoms with Crippen molar-refractivity contribution in [3.8, 4) is 23.0 Å². The van der Waals surface area contributed by atoms with Gasteiger partial charge in [-0.15, -0.1) is 20.4 Å². The van der Waals surface area contributed by atoms with Crippen molar-refractivity contribution in [1.82, 2.24) is 30.4 Å². The third-order valence-corrected chi connectivity index (χ3v) is 4.90. The molecule has 0 unspecified atom stereocenters. The van der Waals surface area contributed by atoms with Crippen molar-refractivity contribution in [2.24, 2.45) is 10.8 Å². The van der Waals surface area contributed by atoms with E-state index in [0.717, 1.165) is 0 Å². The first kappa shape index (κ1) is 25.8. The number of pyridine rings is 2. The maximum Gasteiger partial charge on any atom is 0.303 e. The lowest BCUT2D eigenvalue weighted by molar-refractivity contribution is -0.140. The molecule has 3 rings (SSSR count). The smallest absolute Gasteiger partial charge is 0.303 e. The topological polar surface area (TPSA) is 153 Å². The van der Waals surface area contributed by atoms with E-state index >= 15 is 0 Å². The highest BCUT2D eigenvalue weighted by Gasteiger charge is 2.26. The molecule has 0 saturated heterocycles. The van der Waals surface area contributed by atoms with Gasteiger partial charge in [0, 0.05) is 12.6 Å². The predicted octanol–water partition coefficient (Wildman–Crippen LogP) is 3.26. The minimum Gasteiger partial charge on any atom is -0.481 e. The number of ether oxygens (including phenoxy) is 1. The Morgan fingerprint density at radius 3 is 1.97 bits per heavy atom. The molecule has 0 aliphatic rings. The number of carbonyl (C=O) groups is 2. The van der Waals surface area contributed by atoms with Gasteiger partial charge in [0.25, 0.3) is 0 Å². The van der Waals surface area contributed by atoms with Crippen molar-refractivity contribution in [3.63, 3.8) is 0 Å². The molecule has 0 aliphatic carbocycles. The molecule has 3 aromatic rings. The first-order valence-corrected chi connectivity index (χ1v) is 11.1. The van der Waals surface area contributed by atoms with Gasteiger partial charge in [0.05, 0.1) is 31.5 Å². The molecule has 35 heavy (non-hydrogen) atoms. The maximum atomic E-state index is 12.5. The van der Waals surface area contributed by atoms with Crippen LogP contribution in [0.1, 0.15) is 40.5 Å². The van der Waals surface area contributed by atoms with E-state index in [-0.39, 0.29) is 24.6 Å². The summed E-state index contributed by atoms with van der Waals surface area (Å²) in [5.74, 6) is -0.475. The molecule has 1 amide bonds. The van der Waals surface area contributed by atoms with Crippen LogP contribution >= 0.6 is 0 Å². The first-order chi connectivity index (χ1) is 16.5. The molecule has 0 saturated carbocycles. The van der Waals surface area contributed by atoms with Crippen LogP contribution in [0.25, 0.3) is 23.0 Å². The number of amides is 1. The van der Waals surface area contributed by atoms with E-state index in [9.17, 15) is 9.59 Å². The number of carbonyl (C=O) groups excluding carboxylic acids is 1. The molecule has 0 spiro atoms. The normalized spacial score (nSPS) is 11.8. The number of carboxylic acids is 1. The molecule has 0 aliphatic heterocycles. The lowest BCUT2D eigenvalue weighted by Gasteiger charge is -2.28. The molecule has 3 heterocycles. The lowest BCUT2D eigenvalue weighted by Crippen LogP contribution is -2.30. The minimum atomic E-state index is -0.863. The van der Waals surface area contributed by atoms with Gasteiger partial charge in [-0.25, -0.2) is 0 Å². The van der Waals surface area contributed by atoms with Crippen molar-refractivity contribution < 1.29 is 19.4 Å². The molecule has 0 radical (unpaired) electrons. The summed E-state index contributed by atoms with van der Waals surface area (Å²) >= 11 is 0. The fourth-order valence-corrected chi connectivity index (χ4v) is 3.28. The van der Waals surface area contributed by atoms with Crippen molar-refractivity contribution >= 4 is 17.6 Å². The average Bonchev–Trinajstić information content (AvgIpc) is 2.78. The van der Waals surface area contributed by atoms with Gasteiger partial charge >= 0.3 is 5.97 Å². The van der Waals surface area contributed by atoms with E-state index in [1.807, 2.05) is 33.8 Å². The van der Waals surface area contributed by atoms with E-state index in [1.165, 1.54) is 6.20 Å². The van der Waals surface area contributed by atoms with Crippen molar-refractivity contribution in [2.75, 3.05) is 18.5 Å². The standard InChI is InChI=1S/C24H29N7O4/c1-23(2,14-35-15-24(3,4)12-20(33)34)11-19(32)27-16-8-9-18(26-13-16)22-30-28-21(29-31-22)17-7-5-6-10-25-17/h5-10,13H,11-12,14-15H2,1-4H3,(H,27,32)(H,33,34). The van der Waals surface area contributed by atoms with Crippen LogP contribution in [0.3, 0.4) is 0 Å². The van der Waals surface area contributed by atoms with Crippen LogP contribution in [0.15, 0.2) is 42.7 Å². The highest BCUT2D eigenvalue weighted by molar-refractivity contribution is 5.91. The van der Waals surface area contributed by atoms with E-state index in [2.05, 4.69) is 35.7 Å². The largest absolute Gasteiger partial charge is 0.481 e. The van der Waals surface area contributed by atoms with Gasteiger partial charge in [-0.2, -0.15) is 0 Å². The van der Waals surface area contributed by atoms with E-state index < -0.39 is 16.8 Å². The van der Waals surface area contributed by atoms with Crippen LogP contribution in [-0.2, 0) is 14.3 Å². The zero-order valence-corrected chi connectivity index (χ0v) is 20.2. The van der Waals surface area contributed by atoms with Gasteiger partial charge < -0.3 is 15.2 Å². The molecule has 3 aromatic heterocycles. The monoisotopic (exact) mass is 479 g/mol. The van der Waals surface area contributed by atoms with Crippen LogP contribution in [0.4, 0.5) is 5.69 Å². The summed E-state index contributed by atoms with van der Waals surface area (Å²) in [5.41, 5.74) is 0.655. The van der Waals surface area contributed by atoms with Crippen molar-refractivity contribution in [1.29, 1.82) is 0 Å². The number of nitrogens with zero attached hydrogens (tertiary/aromatic N) is 6. The van der Waals surface area contributed by atoms with Gasteiger partial charge in [0.15, 0.2) is 0 Å². The van der Waals surface area contributed by atoms with Crippen LogP contribution < -0.4 is 5.32 Å². The molecule has 184 valence electrons. The average molecular weight is 480 g/mol. The molecule has 2 N–H and O–H groups in total. The third-order valence-electron chi connectivity index (χ3n) is 4.90. The number of anilines is 1. The Morgan fingerprint density at radius 2 is 1.46 bits per heavy atom. The highest BCUT2D eigenvalue weighted by atomic mass is 16.5. The SMILES string of the molecule is CC(C)(COCC(C)(C)CC(=O)Nc1ccc(-c2nnc(-c3ccccn3)nn2)nc1)CC(=O)O. The maximum absolute atomic E-state index is 12.5. The van der Waals surface area contributed by atoms with E-state index in [1.54, 1.807) is 30.5 Å². The third kappa shape index (κ3) is 8.14. The Bertz CT molecular complexity index is 1130. The number of hydrogen-bond donors (Lipinski definition) is 2. The van der Waals surface area contributed by atoms with Gasteiger partial charge in [0.2, 0.25) is 17.6 Å². The Kier molecular flexibility index (Phi) is 8.13. The number of aromatic nitrogens is 6. The van der Waals surface area contributed by atoms with Gasteiger partial charge in [-0.1, -0.05) is 33.8 Å². The Balaban J connectivity index is 1.51. The predicted molar refractivity (Wildman–Crippen MR) is 128 cm³/mol. The molecule has 0 aromatic carbocycles.